The van der Waals surface area contributed by atoms with E-state index in [1.54, 1.807) is 0 Å². The summed E-state index contributed by atoms with van der Waals surface area (Å²) in [6, 6.07) is 0. The van der Waals surface area contributed by atoms with Crippen molar-refractivity contribution in [1.29, 1.82) is 0 Å². The molecule has 5 N–H and O–H groups in total. The van der Waals surface area contributed by atoms with Crippen molar-refractivity contribution in [3.8, 4) is 0 Å². The predicted molar refractivity (Wildman–Crippen MR) is 54.7 cm³/mol. The number of hydrogen-bond donors (Lipinski definition) is 5. The first-order valence-corrected chi connectivity index (χ1v) is 4.17. The molecule has 9 heteroatoms. The van der Waals surface area contributed by atoms with E-state index in [-0.39, 0.29) is 5.69 Å². The number of hydrogen-bond acceptors (Lipinski definition) is 5. The summed E-state index contributed by atoms with van der Waals surface area (Å²) in [5, 5.41) is 19.1. The highest BCUT2D eigenvalue weighted by Gasteiger charge is 2.11. The second-order valence-corrected chi connectivity index (χ2v) is 2.81. The Kier molecular flexibility index (Phi) is 3.44. The number of carbonyl (C=O) groups is 2. The zero-order valence-corrected chi connectivity index (χ0v) is 8.18. The molecule has 1 aromatic rings. The van der Waals surface area contributed by atoms with E-state index in [2.05, 4.69) is 10.3 Å². The molecule has 0 aliphatic rings. The molecule has 1 rings (SSSR count). The summed E-state index contributed by atoms with van der Waals surface area (Å²) in [6.45, 7) is 0. The van der Waals surface area contributed by atoms with Crippen LogP contribution in [0.15, 0.2) is 27.6 Å². The van der Waals surface area contributed by atoms with Crippen LogP contribution in [0.4, 0.5) is 5.69 Å². The van der Waals surface area contributed by atoms with Crippen molar-refractivity contribution in [1.82, 2.24) is 9.97 Å². The molecule has 1 heterocycles. The highest BCUT2D eigenvalue weighted by molar-refractivity contribution is 5.97. The minimum Gasteiger partial charge on any atom is -0.478 e. The SMILES string of the molecule is O=C(O)/C=C(/Nc1c[nH]c(=O)[nH]c1=O)C(=O)O. The Hall–Kier alpha value is -2.84. The second-order valence-electron chi connectivity index (χ2n) is 2.81. The van der Waals surface area contributed by atoms with Crippen LogP contribution in [0.3, 0.4) is 0 Å². The molecular formula is C8H7N3O6. The summed E-state index contributed by atoms with van der Waals surface area (Å²) in [7, 11) is 0. The van der Waals surface area contributed by atoms with Gasteiger partial charge in [0.05, 0.1) is 6.08 Å². The number of H-pyrrole nitrogens is 2. The quantitative estimate of drug-likeness (QED) is 0.403. The van der Waals surface area contributed by atoms with Crippen LogP contribution in [0.25, 0.3) is 0 Å². The Morgan fingerprint density at radius 2 is 1.94 bits per heavy atom. The van der Waals surface area contributed by atoms with Crippen molar-refractivity contribution in [2.24, 2.45) is 0 Å². The van der Waals surface area contributed by atoms with Gasteiger partial charge in [0, 0.05) is 6.20 Å². The van der Waals surface area contributed by atoms with Crippen molar-refractivity contribution in [3.63, 3.8) is 0 Å². The number of rotatable bonds is 4. The van der Waals surface area contributed by atoms with Crippen LogP contribution < -0.4 is 16.6 Å². The Morgan fingerprint density at radius 1 is 1.29 bits per heavy atom. The number of aromatic amines is 2. The molecule has 0 aliphatic heterocycles. The fraction of sp³-hybridized carbons (Fsp3) is 0. The van der Waals surface area contributed by atoms with Gasteiger partial charge in [-0.05, 0) is 0 Å². The third kappa shape index (κ3) is 3.34. The van der Waals surface area contributed by atoms with Crippen molar-refractivity contribution in [2.75, 3.05) is 5.32 Å². The molecular weight excluding hydrogens is 234 g/mol. The number of anilines is 1. The molecule has 0 amide bonds. The number of carboxylic acid groups (broad SMARTS) is 2. The van der Waals surface area contributed by atoms with Crippen LogP contribution in [0, 0.1) is 0 Å². The average Bonchev–Trinajstić information content (AvgIpc) is 2.19. The zero-order chi connectivity index (χ0) is 13.0. The molecule has 17 heavy (non-hydrogen) atoms. The average molecular weight is 241 g/mol. The Labute approximate surface area is 92.4 Å². The minimum atomic E-state index is -1.56. The summed E-state index contributed by atoms with van der Waals surface area (Å²) < 4.78 is 0. The lowest BCUT2D eigenvalue weighted by Gasteiger charge is -2.04. The van der Waals surface area contributed by atoms with Crippen molar-refractivity contribution >= 4 is 17.6 Å². The van der Waals surface area contributed by atoms with Crippen LogP contribution in [0.5, 0.6) is 0 Å². The highest BCUT2D eigenvalue weighted by atomic mass is 16.4. The summed E-state index contributed by atoms with van der Waals surface area (Å²) in [4.78, 5) is 46.8. The van der Waals surface area contributed by atoms with Crippen LogP contribution in [0.2, 0.25) is 0 Å². The van der Waals surface area contributed by atoms with Crippen LogP contribution in [0.1, 0.15) is 0 Å². The van der Waals surface area contributed by atoms with E-state index in [9.17, 15) is 19.2 Å². The van der Waals surface area contributed by atoms with Gasteiger partial charge in [-0.15, -0.1) is 0 Å². The molecule has 0 spiro atoms. The zero-order valence-electron chi connectivity index (χ0n) is 8.18. The normalized spacial score (nSPS) is 10.9. The van der Waals surface area contributed by atoms with Crippen LogP contribution >= 0.6 is 0 Å². The molecule has 1 aromatic heterocycles. The van der Waals surface area contributed by atoms with Crippen molar-refractivity contribution in [2.45, 2.75) is 0 Å². The Balaban J connectivity index is 3.11. The Bertz CT molecular complexity index is 596. The van der Waals surface area contributed by atoms with Gasteiger partial charge in [0.2, 0.25) is 0 Å². The first-order valence-electron chi connectivity index (χ1n) is 4.17. The van der Waals surface area contributed by atoms with Crippen LogP contribution in [-0.2, 0) is 9.59 Å². The van der Waals surface area contributed by atoms with E-state index in [0.717, 1.165) is 6.20 Å². The molecule has 0 saturated carbocycles. The van der Waals surface area contributed by atoms with Crippen LogP contribution in [-0.4, -0.2) is 32.1 Å². The van der Waals surface area contributed by atoms with E-state index in [4.69, 9.17) is 10.2 Å². The molecule has 9 nitrogen and oxygen atoms in total. The molecule has 90 valence electrons. The third-order valence-electron chi connectivity index (χ3n) is 1.59. The summed E-state index contributed by atoms with van der Waals surface area (Å²) >= 11 is 0. The maximum Gasteiger partial charge on any atom is 0.352 e. The number of aliphatic carboxylic acids is 2. The van der Waals surface area contributed by atoms with E-state index in [1.807, 2.05) is 4.98 Å². The fourth-order valence-electron chi connectivity index (χ4n) is 0.922. The first kappa shape index (κ1) is 12.2. The second kappa shape index (κ2) is 4.79. The maximum absolute atomic E-state index is 11.2. The largest absolute Gasteiger partial charge is 0.478 e. The smallest absolute Gasteiger partial charge is 0.352 e. The predicted octanol–water partition coefficient (Wildman–Crippen LogP) is -1.47. The standard InChI is InChI=1S/C8H7N3O6/c12-5(13)1-3(7(15)16)10-4-2-9-8(17)11-6(4)14/h1-2,10H,(H,12,13)(H,15,16)(H2,9,11,14,17)/b3-1+. The van der Waals surface area contributed by atoms with Gasteiger partial charge in [0.25, 0.3) is 5.56 Å². The maximum atomic E-state index is 11.2. The van der Waals surface area contributed by atoms with Gasteiger partial charge in [-0.3, -0.25) is 9.78 Å². The molecule has 0 aliphatic carbocycles. The van der Waals surface area contributed by atoms with Gasteiger partial charge in [-0.2, -0.15) is 0 Å². The number of aromatic nitrogens is 2. The number of carboxylic acids is 2. The lowest BCUT2D eigenvalue weighted by atomic mass is 10.3. The van der Waals surface area contributed by atoms with E-state index >= 15 is 0 Å². The molecule has 0 atom stereocenters. The van der Waals surface area contributed by atoms with Crippen molar-refractivity contribution < 1.29 is 19.8 Å². The Morgan fingerprint density at radius 3 is 2.41 bits per heavy atom. The lowest BCUT2D eigenvalue weighted by molar-refractivity contribution is -0.134. The van der Waals surface area contributed by atoms with Gasteiger partial charge >= 0.3 is 17.6 Å². The summed E-state index contributed by atoms with van der Waals surface area (Å²) in [5.74, 6) is -3.05. The van der Waals surface area contributed by atoms with E-state index in [1.165, 1.54) is 0 Å². The van der Waals surface area contributed by atoms with Gasteiger partial charge in [0.1, 0.15) is 11.4 Å². The fourth-order valence-corrected chi connectivity index (χ4v) is 0.922. The van der Waals surface area contributed by atoms with Gasteiger partial charge in [-0.1, -0.05) is 0 Å². The summed E-state index contributed by atoms with van der Waals surface area (Å²) in [5.41, 5.74) is -2.64. The van der Waals surface area contributed by atoms with E-state index < -0.39 is 28.9 Å². The molecule has 0 saturated heterocycles. The molecule has 0 aromatic carbocycles. The molecule has 0 bridgehead atoms. The molecule has 0 unspecified atom stereocenters. The topological polar surface area (TPSA) is 152 Å². The molecule has 0 radical (unpaired) electrons. The van der Waals surface area contributed by atoms with Gasteiger partial charge in [0.15, 0.2) is 0 Å². The number of nitrogens with one attached hydrogen (secondary N) is 3. The van der Waals surface area contributed by atoms with E-state index in [0.29, 0.717) is 6.08 Å². The highest BCUT2D eigenvalue weighted by Crippen LogP contribution is 2.01. The van der Waals surface area contributed by atoms with Gasteiger partial charge in [-0.25, -0.2) is 14.4 Å². The third-order valence-corrected chi connectivity index (χ3v) is 1.59. The summed E-state index contributed by atoms with van der Waals surface area (Å²) in [6.07, 6.45) is 1.31. The lowest BCUT2D eigenvalue weighted by Crippen LogP contribution is -2.25. The van der Waals surface area contributed by atoms with Gasteiger partial charge < -0.3 is 20.5 Å². The first-order chi connectivity index (χ1) is 7.90. The molecule has 0 fully saturated rings. The monoisotopic (exact) mass is 241 g/mol. The minimum absolute atomic E-state index is 0.292. The van der Waals surface area contributed by atoms with Crippen molar-refractivity contribution in [3.05, 3.63) is 38.8 Å².